The van der Waals surface area contributed by atoms with Gasteiger partial charge < -0.3 is 15.1 Å². The van der Waals surface area contributed by atoms with E-state index in [0.717, 1.165) is 43.2 Å². The summed E-state index contributed by atoms with van der Waals surface area (Å²) < 4.78 is 0. The zero-order valence-corrected chi connectivity index (χ0v) is 18.3. The number of rotatable bonds is 6. The molecule has 0 aliphatic carbocycles. The lowest BCUT2D eigenvalue weighted by atomic mass is 9.85. The first-order valence-electron chi connectivity index (χ1n) is 10.9. The molecule has 1 saturated heterocycles. The minimum Gasteiger partial charge on any atom is -0.368 e. The van der Waals surface area contributed by atoms with Gasteiger partial charge in [-0.25, -0.2) is 4.98 Å². The first-order valence-corrected chi connectivity index (χ1v) is 10.9. The molecule has 3 aromatic rings. The Balaban J connectivity index is 1.32. The number of carbonyl (C=O) groups excluding carboxylic acids is 1. The number of hydrogen-bond donors (Lipinski definition) is 1. The fraction of sp³-hybridized carbons (Fsp3) is 0.308. The Hall–Kier alpha value is -3.34. The fourth-order valence-electron chi connectivity index (χ4n) is 3.97. The summed E-state index contributed by atoms with van der Waals surface area (Å²) in [4.78, 5) is 22.2. The van der Waals surface area contributed by atoms with Crippen LogP contribution in [0.15, 0.2) is 79.0 Å². The van der Waals surface area contributed by atoms with Crippen LogP contribution in [0.25, 0.3) is 0 Å². The fourth-order valence-corrected chi connectivity index (χ4v) is 3.97. The topological polar surface area (TPSA) is 48.5 Å². The van der Waals surface area contributed by atoms with Gasteiger partial charge >= 0.3 is 0 Å². The molecule has 160 valence electrons. The van der Waals surface area contributed by atoms with Gasteiger partial charge in [0.2, 0.25) is 5.91 Å². The molecule has 1 aliphatic rings. The molecule has 0 spiro atoms. The van der Waals surface area contributed by atoms with Crippen molar-refractivity contribution in [2.75, 3.05) is 41.3 Å². The lowest BCUT2D eigenvalue weighted by Crippen LogP contribution is -2.46. The van der Waals surface area contributed by atoms with E-state index in [1.807, 2.05) is 50.2 Å². The van der Waals surface area contributed by atoms with E-state index in [4.69, 9.17) is 0 Å². The Morgan fingerprint density at radius 2 is 1.48 bits per heavy atom. The van der Waals surface area contributed by atoms with Crippen molar-refractivity contribution in [3.8, 4) is 0 Å². The van der Waals surface area contributed by atoms with Crippen molar-refractivity contribution < 1.29 is 4.79 Å². The molecule has 0 saturated carbocycles. The van der Waals surface area contributed by atoms with Crippen LogP contribution in [0.2, 0.25) is 0 Å². The average molecular weight is 415 g/mol. The highest BCUT2D eigenvalue weighted by atomic mass is 16.2. The molecule has 2 heterocycles. The van der Waals surface area contributed by atoms with Crippen molar-refractivity contribution in [1.82, 2.24) is 4.98 Å². The van der Waals surface area contributed by atoms with Gasteiger partial charge in [-0.1, -0.05) is 62.4 Å². The largest absolute Gasteiger partial charge is 0.368 e. The molecule has 0 radical (unpaired) electrons. The van der Waals surface area contributed by atoms with E-state index < -0.39 is 5.41 Å². The molecule has 1 N–H and O–H groups in total. The number of aromatic nitrogens is 1. The highest BCUT2D eigenvalue weighted by Crippen LogP contribution is 2.25. The van der Waals surface area contributed by atoms with E-state index in [-0.39, 0.29) is 5.91 Å². The third-order valence-corrected chi connectivity index (χ3v) is 5.83. The monoisotopic (exact) mass is 414 g/mol. The van der Waals surface area contributed by atoms with Crippen LogP contribution in [0.3, 0.4) is 0 Å². The molecular weight excluding hydrogens is 384 g/mol. The molecule has 1 amide bonds. The Bertz CT molecular complexity index is 979. The van der Waals surface area contributed by atoms with Crippen LogP contribution < -0.4 is 15.1 Å². The van der Waals surface area contributed by atoms with Crippen LogP contribution in [0.4, 0.5) is 17.2 Å². The highest BCUT2D eigenvalue weighted by Gasteiger charge is 2.28. The van der Waals surface area contributed by atoms with Gasteiger partial charge in [0.1, 0.15) is 5.82 Å². The van der Waals surface area contributed by atoms with E-state index >= 15 is 0 Å². The first-order chi connectivity index (χ1) is 15.0. The Morgan fingerprint density at radius 3 is 2.10 bits per heavy atom. The van der Waals surface area contributed by atoms with Crippen LogP contribution in [-0.2, 0) is 11.2 Å². The Kier molecular flexibility index (Phi) is 6.21. The van der Waals surface area contributed by atoms with Crippen molar-refractivity contribution in [3.05, 3.63) is 84.6 Å². The van der Waals surface area contributed by atoms with Crippen molar-refractivity contribution in [2.24, 2.45) is 5.41 Å². The van der Waals surface area contributed by atoms with Gasteiger partial charge in [0, 0.05) is 37.3 Å². The standard InChI is InChI=1S/C26H30N4O/c1-26(2,19-21-9-5-3-6-10-21)25(31)28-22-13-14-24(27-20-22)30-17-15-29(16-18-30)23-11-7-4-8-12-23/h3-14,20H,15-19H2,1-2H3,(H,28,31). The van der Waals surface area contributed by atoms with Gasteiger partial charge in [-0.3, -0.25) is 4.79 Å². The highest BCUT2D eigenvalue weighted by molar-refractivity contribution is 5.94. The average Bonchev–Trinajstić information content (AvgIpc) is 2.81. The molecule has 1 aliphatic heterocycles. The lowest BCUT2D eigenvalue weighted by molar-refractivity contribution is -0.123. The van der Waals surface area contributed by atoms with E-state index in [1.54, 1.807) is 6.20 Å². The summed E-state index contributed by atoms with van der Waals surface area (Å²) in [5, 5.41) is 3.03. The summed E-state index contributed by atoms with van der Waals surface area (Å²) in [6, 6.07) is 24.6. The minimum absolute atomic E-state index is 0.00220. The quantitative estimate of drug-likeness (QED) is 0.640. The van der Waals surface area contributed by atoms with Crippen LogP contribution in [0.5, 0.6) is 0 Å². The second-order valence-electron chi connectivity index (χ2n) is 8.72. The maximum Gasteiger partial charge on any atom is 0.230 e. The van der Waals surface area contributed by atoms with Crippen LogP contribution in [0, 0.1) is 5.41 Å². The van der Waals surface area contributed by atoms with Crippen LogP contribution in [0.1, 0.15) is 19.4 Å². The number of amides is 1. The molecule has 0 bridgehead atoms. The number of piperazine rings is 1. The van der Waals surface area contributed by atoms with E-state index in [2.05, 4.69) is 56.5 Å². The van der Waals surface area contributed by atoms with E-state index in [1.165, 1.54) is 5.69 Å². The van der Waals surface area contributed by atoms with Gasteiger partial charge in [-0.2, -0.15) is 0 Å². The zero-order valence-electron chi connectivity index (χ0n) is 18.3. The normalized spacial score (nSPS) is 14.4. The molecule has 5 nitrogen and oxygen atoms in total. The van der Waals surface area contributed by atoms with Crippen LogP contribution >= 0.6 is 0 Å². The molecule has 4 rings (SSSR count). The molecule has 1 aromatic heterocycles. The van der Waals surface area contributed by atoms with E-state index in [9.17, 15) is 4.79 Å². The number of para-hydroxylation sites is 1. The molecule has 2 aromatic carbocycles. The van der Waals surface area contributed by atoms with Crippen molar-refractivity contribution in [3.63, 3.8) is 0 Å². The summed E-state index contributed by atoms with van der Waals surface area (Å²) in [5.74, 6) is 0.955. The van der Waals surface area contributed by atoms with Gasteiger partial charge in [0.25, 0.3) is 0 Å². The smallest absolute Gasteiger partial charge is 0.230 e. The molecule has 5 heteroatoms. The lowest BCUT2D eigenvalue weighted by Gasteiger charge is -2.36. The van der Waals surface area contributed by atoms with Crippen LogP contribution in [-0.4, -0.2) is 37.1 Å². The molecule has 1 fully saturated rings. The number of nitrogens with zero attached hydrogens (tertiary/aromatic N) is 3. The maximum absolute atomic E-state index is 12.8. The third-order valence-electron chi connectivity index (χ3n) is 5.83. The van der Waals surface area contributed by atoms with Gasteiger partial charge in [0.15, 0.2) is 0 Å². The Morgan fingerprint density at radius 1 is 0.871 bits per heavy atom. The minimum atomic E-state index is -0.506. The third kappa shape index (κ3) is 5.23. The number of carbonyl (C=O) groups is 1. The number of pyridine rings is 1. The predicted octanol–water partition coefficient (Wildman–Crippen LogP) is 4.62. The number of nitrogens with one attached hydrogen (secondary N) is 1. The van der Waals surface area contributed by atoms with Gasteiger partial charge in [0.05, 0.1) is 11.9 Å². The SMILES string of the molecule is CC(C)(Cc1ccccc1)C(=O)Nc1ccc(N2CCN(c3ccccc3)CC2)nc1. The predicted molar refractivity (Wildman–Crippen MR) is 128 cm³/mol. The second kappa shape index (κ2) is 9.21. The maximum atomic E-state index is 12.8. The van der Waals surface area contributed by atoms with Gasteiger partial charge in [-0.15, -0.1) is 0 Å². The first kappa shape index (κ1) is 20.9. The molecule has 0 unspecified atom stereocenters. The summed E-state index contributed by atoms with van der Waals surface area (Å²) >= 11 is 0. The molecule has 31 heavy (non-hydrogen) atoms. The summed E-state index contributed by atoms with van der Waals surface area (Å²) in [5.41, 5.74) is 2.66. The second-order valence-corrected chi connectivity index (χ2v) is 8.72. The summed E-state index contributed by atoms with van der Waals surface area (Å²) in [6.07, 6.45) is 2.45. The van der Waals surface area contributed by atoms with Crippen molar-refractivity contribution in [2.45, 2.75) is 20.3 Å². The number of anilines is 3. The van der Waals surface area contributed by atoms with Crippen molar-refractivity contribution in [1.29, 1.82) is 0 Å². The van der Waals surface area contributed by atoms with Gasteiger partial charge in [-0.05, 0) is 36.2 Å². The summed E-state index contributed by atoms with van der Waals surface area (Å²) in [7, 11) is 0. The van der Waals surface area contributed by atoms with E-state index in [0.29, 0.717) is 6.42 Å². The molecule has 0 atom stereocenters. The van der Waals surface area contributed by atoms with Crippen molar-refractivity contribution >= 4 is 23.1 Å². The number of benzene rings is 2. The summed E-state index contributed by atoms with van der Waals surface area (Å²) in [6.45, 7) is 7.75. The Labute approximate surface area is 184 Å². The zero-order chi connectivity index (χ0) is 21.7. The molecular formula is C26H30N4O. The number of hydrogen-bond acceptors (Lipinski definition) is 4.